The number of aromatic nitrogens is 2. The van der Waals surface area contributed by atoms with Crippen LogP contribution in [0, 0.1) is 6.92 Å². The second-order valence-corrected chi connectivity index (χ2v) is 7.29. The minimum absolute atomic E-state index is 0.251. The number of nitrogens with one attached hydrogen (secondary N) is 2. The summed E-state index contributed by atoms with van der Waals surface area (Å²) in [6.07, 6.45) is 0. The van der Waals surface area contributed by atoms with E-state index in [0.717, 1.165) is 11.5 Å². The van der Waals surface area contributed by atoms with Gasteiger partial charge in [0.25, 0.3) is 5.91 Å². The normalized spacial score (nSPS) is 10.5. The first-order valence-corrected chi connectivity index (χ1v) is 8.44. The second kappa shape index (κ2) is 7.81. The van der Waals surface area contributed by atoms with Gasteiger partial charge >= 0.3 is 0 Å². The van der Waals surface area contributed by atoms with Crippen LogP contribution in [0.15, 0.2) is 12.1 Å². The van der Waals surface area contributed by atoms with E-state index in [1.165, 1.54) is 11.3 Å². The van der Waals surface area contributed by atoms with Crippen molar-refractivity contribution in [3.63, 3.8) is 0 Å². The van der Waals surface area contributed by atoms with Crippen LogP contribution in [0.4, 0.5) is 11.8 Å². The van der Waals surface area contributed by atoms with Crippen LogP contribution in [0.5, 0.6) is 0 Å². The number of hydrogen-bond donors (Lipinski definition) is 2. The Morgan fingerprint density at radius 3 is 2.61 bits per heavy atom. The lowest BCUT2D eigenvalue weighted by molar-refractivity contribution is 0.0956. The highest BCUT2D eigenvalue weighted by molar-refractivity contribution is 7.20. The molecule has 0 aliphatic carbocycles. The fourth-order valence-corrected chi connectivity index (χ4v) is 3.26. The van der Waals surface area contributed by atoms with Crippen LogP contribution in [-0.4, -0.2) is 43.1 Å². The molecule has 0 aliphatic rings. The summed E-state index contributed by atoms with van der Waals surface area (Å²) in [5.74, 6) is 1.10. The SMILES string of the molecule is Cc1cc(N(C)C)nc(NCCNC(=O)c2cc(Cl)sc2Cl)n1. The summed E-state index contributed by atoms with van der Waals surface area (Å²) in [7, 11) is 3.84. The molecule has 124 valence electrons. The van der Waals surface area contributed by atoms with Crippen molar-refractivity contribution >= 4 is 52.2 Å². The predicted octanol–water partition coefficient (Wildman–Crippen LogP) is 3.06. The van der Waals surface area contributed by atoms with Crippen molar-refractivity contribution in [2.75, 3.05) is 37.4 Å². The van der Waals surface area contributed by atoms with E-state index in [4.69, 9.17) is 23.2 Å². The van der Waals surface area contributed by atoms with Crippen molar-refractivity contribution in [2.24, 2.45) is 0 Å². The van der Waals surface area contributed by atoms with Crippen LogP contribution in [0.25, 0.3) is 0 Å². The largest absolute Gasteiger partial charge is 0.363 e. The first-order chi connectivity index (χ1) is 10.9. The number of nitrogens with zero attached hydrogens (tertiary/aromatic N) is 3. The standard InChI is InChI=1S/C14H17Cl2N5OS/c1-8-6-11(21(2)3)20-14(19-8)18-5-4-17-13(22)9-7-10(15)23-12(9)16/h6-7H,4-5H2,1-3H3,(H,17,22)(H,18,19,20). The Labute approximate surface area is 148 Å². The molecular weight excluding hydrogens is 357 g/mol. The minimum atomic E-state index is -0.251. The summed E-state index contributed by atoms with van der Waals surface area (Å²) < 4.78 is 0.876. The highest BCUT2D eigenvalue weighted by Gasteiger charge is 2.13. The van der Waals surface area contributed by atoms with Gasteiger partial charge in [0.2, 0.25) is 5.95 Å². The fraction of sp³-hybridized carbons (Fsp3) is 0.357. The zero-order valence-corrected chi connectivity index (χ0v) is 15.3. The molecule has 0 saturated carbocycles. The lowest BCUT2D eigenvalue weighted by atomic mass is 10.3. The zero-order valence-electron chi connectivity index (χ0n) is 13.0. The molecule has 6 nitrogen and oxygen atoms in total. The Bertz CT molecular complexity index is 704. The molecule has 2 rings (SSSR count). The van der Waals surface area contributed by atoms with Gasteiger partial charge in [-0.1, -0.05) is 23.2 Å². The van der Waals surface area contributed by atoms with Gasteiger partial charge in [-0.05, 0) is 13.0 Å². The maximum absolute atomic E-state index is 12.0. The molecule has 9 heteroatoms. The molecule has 2 aromatic rings. The molecule has 0 atom stereocenters. The number of carbonyl (C=O) groups is 1. The third-order valence-corrected chi connectivity index (χ3v) is 4.38. The van der Waals surface area contributed by atoms with Gasteiger partial charge in [0.1, 0.15) is 10.2 Å². The highest BCUT2D eigenvalue weighted by atomic mass is 35.5. The molecular formula is C14H17Cl2N5OS. The Kier molecular flexibility index (Phi) is 6.04. The van der Waals surface area contributed by atoms with Crippen molar-refractivity contribution in [3.8, 4) is 0 Å². The third-order valence-electron chi connectivity index (χ3n) is 2.89. The van der Waals surface area contributed by atoms with Gasteiger partial charge in [-0.25, -0.2) is 4.98 Å². The number of amides is 1. The predicted molar refractivity (Wildman–Crippen MR) is 96.3 cm³/mol. The van der Waals surface area contributed by atoms with Crippen LogP contribution in [0.2, 0.25) is 8.67 Å². The summed E-state index contributed by atoms with van der Waals surface area (Å²) in [6.45, 7) is 2.82. The van der Waals surface area contributed by atoms with Crippen LogP contribution in [0.3, 0.4) is 0 Å². The minimum Gasteiger partial charge on any atom is -0.363 e. The molecule has 1 amide bonds. The molecule has 2 aromatic heterocycles. The molecule has 0 fully saturated rings. The monoisotopic (exact) mass is 373 g/mol. The highest BCUT2D eigenvalue weighted by Crippen LogP contribution is 2.30. The average molecular weight is 374 g/mol. The Hall–Kier alpha value is -1.57. The van der Waals surface area contributed by atoms with Gasteiger partial charge in [-0.2, -0.15) is 4.98 Å². The number of thiophene rings is 1. The van der Waals surface area contributed by atoms with E-state index < -0.39 is 0 Å². The van der Waals surface area contributed by atoms with Crippen LogP contribution in [-0.2, 0) is 0 Å². The van der Waals surface area contributed by atoms with Gasteiger partial charge in [0.15, 0.2) is 0 Å². The van der Waals surface area contributed by atoms with Gasteiger partial charge in [-0.15, -0.1) is 11.3 Å². The quantitative estimate of drug-likeness (QED) is 0.761. The summed E-state index contributed by atoms with van der Waals surface area (Å²) in [5, 5.41) is 5.86. The van der Waals surface area contributed by atoms with Crippen molar-refractivity contribution in [1.82, 2.24) is 15.3 Å². The maximum Gasteiger partial charge on any atom is 0.253 e. The lowest BCUT2D eigenvalue weighted by Crippen LogP contribution is -2.29. The molecule has 0 unspecified atom stereocenters. The van der Waals surface area contributed by atoms with Gasteiger partial charge < -0.3 is 15.5 Å². The molecule has 0 aromatic carbocycles. The van der Waals surface area contributed by atoms with E-state index in [1.54, 1.807) is 6.07 Å². The van der Waals surface area contributed by atoms with Crippen molar-refractivity contribution < 1.29 is 4.79 Å². The topological polar surface area (TPSA) is 70.2 Å². The number of aryl methyl sites for hydroxylation is 1. The lowest BCUT2D eigenvalue weighted by Gasteiger charge is -2.13. The summed E-state index contributed by atoms with van der Waals surface area (Å²) in [6, 6.07) is 3.46. The van der Waals surface area contributed by atoms with E-state index >= 15 is 0 Å². The number of carbonyl (C=O) groups excluding carboxylic acids is 1. The van der Waals surface area contributed by atoms with E-state index in [2.05, 4.69) is 20.6 Å². The molecule has 2 heterocycles. The van der Waals surface area contributed by atoms with Gasteiger partial charge in [0.05, 0.1) is 9.90 Å². The molecule has 0 bridgehead atoms. The second-order valence-electron chi connectivity index (χ2n) is 5.01. The molecule has 0 spiro atoms. The Morgan fingerprint density at radius 2 is 2.00 bits per heavy atom. The Morgan fingerprint density at radius 1 is 1.26 bits per heavy atom. The van der Waals surface area contributed by atoms with E-state index in [-0.39, 0.29) is 5.91 Å². The first kappa shape index (κ1) is 17.8. The third kappa shape index (κ3) is 4.95. The molecule has 0 saturated heterocycles. The number of halogens is 2. The van der Waals surface area contributed by atoms with Crippen molar-refractivity contribution in [2.45, 2.75) is 6.92 Å². The molecule has 2 N–H and O–H groups in total. The number of rotatable bonds is 6. The van der Waals surface area contributed by atoms with Gasteiger partial charge in [0, 0.05) is 38.9 Å². The molecule has 0 radical (unpaired) electrons. The van der Waals surface area contributed by atoms with E-state index in [1.807, 2.05) is 32.0 Å². The smallest absolute Gasteiger partial charge is 0.253 e. The van der Waals surface area contributed by atoms with Crippen molar-refractivity contribution in [1.29, 1.82) is 0 Å². The van der Waals surface area contributed by atoms with Crippen LogP contribution in [0.1, 0.15) is 16.1 Å². The fourth-order valence-electron chi connectivity index (χ4n) is 1.80. The first-order valence-electron chi connectivity index (χ1n) is 6.86. The van der Waals surface area contributed by atoms with Crippen LogP contribution >= 0.6 is 34.5 Å². The average Bonchev–Trinajstić information content (AvgIpc) is 2.81. The van der Waals surface area contributed by atoms with Crippen molar-refractivity contribution in [3.05, 3.63) is 32.1 Å². The maximum atomic E-state index is 12.0. The number of anilines is 2. The summed E-state index contributed by atoms with van der Waals surface area (Å²) in [4.78, 5) is 22.6. The molecule has 0 aliphatic heterocycles. The van der Waals surface area contributed by atoms with Crippen LogP contribution < -0.4 is 15.5 Å². The summed E-state index contributed by atoms with van der Waals surface area (Å²) in [5.41, 5.74) is 1.26. The van der Waals surface area contributed by atoms with Gasteiger partial charge in [-0.3, -0.25) is 4.79 Å². The Balaban J connectivity index is 1.86. The zero-order chi connectivity index (χ0) is 17.0. The van der Waals surface area contributed by atoms with E-state index in [0.29, 0.717) is 33.3 Å². The summed E-state index contributed by atoms with van der Waals surface area (Å²) >= 11 is 12.9. The van der Waals surface area contributed by atoms with E-state index in [9.17, 15) is 4.79 Å². The number of hydrogen-bond acceptors (Lipinski definition) is 6. The molecule has 23 heavy (non-hydrogen) atoms.